The number of piperidine rings is 1. The summed E-state index contributed by atoms with van der Waals surface area (Å²) in [5.41, 5.74) is 0.279. The highest BCUT2D eigenvalue weighted by molar-refractivity contribution is 7.20. The number of likely N-dealkylation sites (tertiary alicyclic amines) is 1. The van der Waals surface area contributed by atoms with Crippen LogP contribution in [-0.4, -0.2) is 60.4 Å². The van der Waals surface area contributed by atoms with Gasteiger partial charge >= 0.3 is 0 Å². The van der Waals surface area contributed by atoms with E-state index in [1.54, 1.807) is 11.3 Å². The van der Waals surface area contributed by atoms with Crippen molar-refractivity contribution in [2.24, 2.45) is 5.92 Å². The molecule has 4 aromatic rings. The second-order valence-corrected chi connectivity index (χ2v) is 14.9. The van der Waals surface area contributed by atoms with E-state index >= 15 is 0 Å². The minimum absolute atomic E-state index is 0.0817. The van der Waals surface area contributed by atoms with Crippen LogP contribution < -0.4 is 16.0 Å². The topological polar surface area (TPSA) is 90.5 Å². The number of nitrogens with one attached hydrogen (secondary N) is 3. The Labute approximate surface area is 279 Å². The SMILES string of the molecule is O=C(NC1(C(=O)N[C@@H](CNCCC2CCN(C(=O)Cc3cccs3)CC2)Cc2ccccc2)CCCC1)c1cc2ccccc2s1. The third-order valence-electron chi connectivity index (χ3n) is 9.55. The number of carbonyl (C=O) groups is 3. The minimum Gasteiger partial charge on any atom is -0.350 e. The summed E-state index contributed by atoms with van der Waals surface area (Å²) >= 11 is 3.11. The monoisotopic (exact) mass is 656 g/mol. The Morgan fingerprint density at radius 3 is 2.43 bits per heavy atom. The predicted octanol–water partition coefficient (Wildman–Crippen LogP) is 6.19. The minimum atomic E-state index is -0.892. The molecule has 1 atom stereocenters. The Hall–Kier alpha value is -3.53. The standard InChI is InChI=1S/C37H44N4O3S2/c42-34(25-31-12-8-22-45-31)41-20-15-27(16-21-41)14-19-38-26-30(23-28-9-2-1-3-10-28)39-36(44)37(17-6-7-18-37)40-35(43)33-24-29-11-4-5-13-32(29)46-33/h1-5,8-13,22,24,27,30,38H,6-7,14-21,23,25-26H2,(H,39,44)(H,40,43)/t30-/m1/s1. The van der Waals surface area contributed by atoms with Crippen LogP contribution in [-0.2, 0) is 22.4 Å². The van der Waals surface area contributed by atoms with Gasteiger partial charge in [0.05, 0.1) is 11.3 Å². The zero-order chi connectivity index (χ0) is 31.8. The Morgan fingerprint density at radius 1 is 0.935 bits per heavy atom. The van der Waals surface area contributed by atoms with Crippen molar-refractivity contribution in [1.82, 2.24) is 20.9 Å². The molecule has 3 N–H and O–H groups in total. The molecule has 2 fully saturated rings. The third-order valence-corrected chi connectivity index (χ3v) is 11.5. The number of amides is 3. The van der Waals surface area contributed by atoms with E-state index < -0.39 is 5.54 Å². The van der Waals surface area contributed by atoms with Gasteiger partial charge in [0.1, 0.15) is 5.54 Å². The first-order valence-electron chi connectivity index (χ1n) is 16.6. The van der Waals surface area contributed by atoms with Gasteiger partial charge in [-0.05, 0) is 85.5 Å². The zero-order valence-electron chi connectivity index (χ0n) is 26.3. The molecule has 2 aromatic heterocycles. The molecule has 1 saturated carbocycles. The van der Waals surface area contributed by atoms with Gasteiger partial charge in [-0.3, -0.25) is 14.4 Å². The van der Waals surface area contributed by atoms with Crippen molar-refractivity contribution in [1.29, 1.82) is 0 Å². The largest absolute Gasteiger partial charge is 0.350 e. The van der Waals surface area contributed by atoms with Crippen molar-refractivity contribution in [3.05, 3.63) is 93.5 Å². The fourth-order valence-electron chi connectivity index (χ4n) is 6.88. The molecule has 0 spiro atoms. The van der Waals surface area contributed by atoms with Crippen molar-refractivity contribution < 1.29 is 14.4 Å². The van der Waals surface area contributed by atoms with E-state index in [0.29, 0.717) is 43.0 Å². The van der Waals surface area contributed by atoms with Crippen LogP contribution in [0.5, 0.6) is 0 Å². The van der Waals surface area contributed by atoms with Gasteiger partial charge in [0.2, 0.25) is 11.8 Å². The number of hydrogen-bond acceptors (Lipinski definition) is 6. The van der Waals surface area contributed by atoms with Gasteiger partial charge in [-0.1, -0.05) is 67.4 Å². The fourth-order valence-corrected chi connectivity index (χ4v) is 8.54. The lowest BCUT2D eigenvalue weighted by Crippen LogP contribution is -2.60. The molecular formula is C37H44N4O3S2. The summed E-state index contributed by atoms with van der Waals surface area (Å²) in [6.07, 6.45) is 7.46. The van der Waals surface area contributed by atoms with Gasteiger partial charge in [-0.2, -0.15) is 0 Å². The van der Waals surface area contributed by atoms with Crippen LogP contribution in [0.3, 0.4) is 0 Å². The van der Waals surface area contributed by atoms with E-state index in [1.165, 1.54) is 16.9 Å². The molecule has 0 radical (unpaired) electrons. The molecule has 2 aromatic carbocycles. The summed E-state index contributed by atoms with van der Waals surface area (Å²) < 4.78 is 1.07. The molecule has 3 amide bonds. The van der Waals surface area contributed by atoms with Gasteiger partial charge in [0.15, 0.2) is 0 Å². The van der Waals surface area contributed by atoms with Crippen molar-refractivity contribution >= 4 is 50.5 Å². The number of carbonyl (C=O) groups excluding carboxylic acids is 3. The van der Waals surface area contributed by atoms with E-state index in [4.69, 9.17) is 0 Å². The Bertz CT molecular complexity index is 1560. The van der Waals surface area contributed by atoms with Crippen molar-refractivity contribution in [2.75, 3.05) is 26.2 Å². The molecule has 0 unspecified atom stereocenters. The molecule has 9 heteroatoms. The Morgan fingerprint density at radius 2 is 1.70 bits per heavy atom. The molecule has 2 aliphatic rings. The second kappa shape index (κ2) is 15.4. The smallest absolute Gasteiger partial charge is 0.262 e. The maximum Gasteiger partial charge on any atom is 0.262 e. The molecule has 1 aliphatic heterocycles. The molecule has 0 bridgehead atoms. The highest BCUT2D eigenvalue weighted by Crippen LogP contribution is 2.32. The molecule has 1 aliphatic carbocycles. The normalized spacial score (nSPS) is 17.2. The van der Waals surface area contributed by atoms with E-state index in [1.807, 2.05) is 70.9 Å². The number of benzene rings is 2. The highest BCUT2D eigenvalue weighted by atomic mass is 32.1. The molecular weight excluding hydrogens is 613 g/mol. The second-order valence-electron chi connectivity index (χ2n) is 12.8. The fraction of sp³-hybridized carbons (Fsp3) is 0.432. The lowest BCUT2D eigenvalue weighted by Gasteiger charge is -2.33. The van der Waals surface area contributed by atoms with Crippen molar-refractivity contribution in [2.45, 2.75) is 69.4 Å². The van der Waals surface area contributed by atoms with Crippen LogP contribution in [0.1, 0.15) is 65.1 Å². The predicted molar refractivity (Wildman–Crippen MR) is 187 cm³/mol. The molecule has 6 rings (SSSR count). The van der Waals surface area contributed by atoms with E-state index in [0.717, 1.165) is 66.7 Å². The van der Waals surface area contributed by atoms with Gasteiger partial charge in [-0.25, -0.2) is 0 Å². The summed E-state index contributed by atoms with van der Waals surface area (Å²) in [6, 6.07) is 24.1. The van der Waals surface area contributed by atoms with Gasteiger partial charge in [0.25, 0.3) is 5.91 Å². The maximum atomic E-state index is 14.0. The van der Waals surface area contributed by atoms with Crippen molar-refractivity contribution in [3.63, 3.8) is 0 Å². The lowest BCUT2D eigenvalue weighted by atomic mass is 9.93. The van der Waals surface area contributed by atoms with Gasteiger partial charge in [0, 0.05) is 35.3 Å². The highest BCUT2D eigenvalue weighted by Gasteiger charge is 2.43. The summed E-state index contributed by atoms with van der Waals surface area (Å²) in [5.74, 6) is 0.571. The average molecular weight is 657 g/mol. The van der Waals surface area contributed by atoms with Crippen LogP contribution in [0.2, 0.25) is 0 Å². The maximum absolute atomic E-state index is 14.0. The van der Waals surface area contributed by atoms with Crippen LogP contribution in [0.15, 0.2) is 78.2 Å². The molecule has 1 saturated heterocycles. The quantitative estimate of drug-likeness (QED) is 0.150. The van der Waals surface area contributed by atoms with Crippen LogP contribution in [0.25, 0.3) is 10.1 Å². The Balaban J connectivity index is 1.02. The molecule has 3 heterocycles. The first kappa shape index (κ1) is 32.4. The number of nitrogens with zero attached hydrogens (tertiary/aromatic N) is 1. The zero-order valence-corrected chi connectivity index (χ0v) is 28.0. The summed E-state index contributed by atoms with van der Waals surface area (Å²) in [7, 11) is 0. The summed E-state index contributed by atoms with van der Waals surface area (Å²) in [4.78, 5) is 43.9. The van der Waals surface area contributed by atoms with Crippen LogP contribution in [0.4, 0.5) is 0 Å². The third kappa shape index (κ3) is 8.24. The van der Waals surface area contributed by atoms with Gasteiger partial charge in [-0.15, -0.1) is 22.7 Å². The number of thiophene rings is 2. The number of fused-ring (bicyclic) bond motifs is 1. The average Bonchev–Trinajstić information content (AvgIpc) is 3.86. The molecule has 242 valence electrons. The first-order valence-corrected chi connectivity index (χ1v) is 18.3. The number of rotatable bonds is 13. The van der Waals surface area contributed by atoms with E-state index in [9.17, 15) is 14.4 Å². The lowest BCUT2D eigenvalue weighted by molar-refractivity contribution is -0.132. The molecule has 7 nitrogen and oxygen atoms in total. The van der Waals surface area contributed by atoms with Crippen LogP contribution in [0, 0.1) is 5.92 Å². The first-order chi connectivity index (χ1) is 22.5. The molecule has 46 heavy (non-hydrogen) atoms. The van der Waals surface area contributed by atoms with E-state index in [-0.39, 0.29) is 23.8 Å². The Kier molecular flexibility index (Phi) is 10.8. The number of hydrogen-bond donors (Lipinski definition) is 3. The summed E-state index contributed by atoms with van der Waals surface area (Å²) in [6.45, 7) is 3.18. The van der Waals surface area contributed by atoms with Gasteiger partial charge < -0.3 is 20.9 Å². The summed E-state index contributed by atoms with van der Waals surface area (Å²) in [5, 5.41) is 13.2. The van der Waals surface area contributed by atoms with Crippen LogP contribution >= 0.6 is 22.7 Å². The van der Waals surface area contributed by atoms with E-state index in [2.05, 4.69) is 28.1 Å². The van der Waals surface area contributed by atoms with Crippen molar-refractivity contribution in [3.8, 4) is 0 Å².